The highest BCUT2D eigenvalue weighted by Crippen LogP contribution is 2.47. The van der Waals surface area contributed by atoms with Crippen LogP contribution in [0.25, 0.3) is 0 Å². The lowest BCUT2D eigenvalue weighted by atomic mass is 9.90. The number of hydrogen-bond acceptors (Lipinski definition) is 6. The lowest BCUT2D eigenvalue weighted by Gasteiger charge is -2.28. The van der Waals surface area contributed by atoms with Crippen LogP contribution in [-0.4, -0.2) is 22.8 Å². The van der Waals surface area contributed by atoms with Gasteiger partial charge in [-0.15, -0.1) is 0 Å². The molecule has 0 unspecified atom stereocenters. The van der Waals surface area contributed by atoms with E-state index in [0.717, 1.165) is 10.5 Å². The van der Waals surface area contributed by atoms with Crippen LogP contribution in [0.4, 0.5) is 17.1 Å². The molecule has 0 radical (unpaired) electrons. The fourth-order valence-corrected chi connectivity index (χ4v) is 4.34. The Morgan fingerprint density at radius 3 is 2.28 bits per heavy atom. The van der Waals surface area contributed by atoms with Gasteiger partial charge in [0.1, 0.15) is 5.92 Å². The fraction of sp³-hybridized carbons (Fsp3) is 0.130. The zero-order chi connectivity index (χ0) is 22.4. The first-order valence-electron chi connectivity index (χ1n) is 9.84. The van der Waals surface area contributed by atoms with Gasteiger partial charge in [-0.25, -0.2) is 9.96 Å². The second-order valence-electron chi connectivity index (χ2n) is 7.50. The Balaban J connectivity index is 1.58. The molecule has 2 saturated heterocycles. The van der Waals surface area contributed by atoms with E-state index in [9.17, 15) is 19.7 Å². The molecule has 3 atom stereocenters. The van der Waals surface area contributed by atoms with Gasteiger partial charge in [0.05, 0.1) is 22.3 Å². The highest BCUT2D eigenvalue weighted by atomic mass is 35.5. The molecular formula is C23H16ClN3O5. The first kappa shape index (κ1) is 20.2. The quantitative estimate of drug-likeness (QED) is 0.335. The minimum absolute atomic E-state index is 0.115. The van der Waals surface area contributed by atoms with Crippen LogP contribution < -0.4 is 9.96 Å². The number of anilines is 2. The smallest absolute Gasteiger partial charge is 0.271 e. The molecule has 2 aliphatic heterocycles. The molecule has 0 aliphatic carbocycles. The zero-order valence-corrected chi connectivity index (χ0v) is 17.3. The number of imide groups is 1. The number of hydrogen-bond donors (Lipinski definition) is 0. The van der Waals surface area contributed by atoms with Crippen molar-refractivity contribution in [3.8, 4) is 0 Å². The minimum atomic E-state index is -1.05. The first-order chi connectivity index (χ1) is 15.5. The number of fused-ring (bicyclic) bond motifs is 1. The minimum Gasteiger partial charge on any atom is -0.273 e. The Bertz CT molecular complexity index is 1220. The number of nitro groups is 1. The molecule has 0 aromatic heterocycles. The summed E-state index contributed by atoms with van der Waals surface area (Å²) in [7, 11) is 0. The molecule has 0 bridgehead atoms. The average molecular weight is 450 g/mol. The van der Waals surface area contributed by atoms with Gasteiger partial charge in [0.25, 0.3) is 11.6 Å². The summed E-state index contributed by atoms with van der Waals surface area (Å²) in [4.78, 5) is 44.6. The number of halogens is 1. The second kappa shape index (κ2) is 7.74. The predicted molar refractivity (Wildman–Crippen MR) is 117 cm³/mol. The maximum Gasteiger partial charge on any atom is 0.271 e. The monoisotopic (exact) mass is 449 g/mol. The van der Waals surface area contributed by atoms with Crippen LogP contribution in [0.15, 0.2) is 78.9 Å². The van der Waals surface area contributed by atoms with Crippen LogP contribution in [0, 0.1) is 16.0 Å². The number of hydroxylamine groups is 1. The van der Waals surface area contributed by atoms with Gasteiger partial charge in [-0.05, 0) is 35.9 Å². The summed E-state index contributed by atoms with van der Waals surface area (Å²) in [6, 6.07) is 20.9. The second-order valence-corrected chi connectivity index (χ2v) is 7.93. The molecule has 160 valence electrons. The van der Waals surface area contributed by atoms with E-state index >= 15 is 0 Å². The Hall–Kier alpha value is -3.75. The van der Waals surface area contributed by atoms with Crippen LogP contribution in [-0.2, 0) is 14.4 Å². The lowest BCUT2D eigenvalue weighted by Crippen LogP contribution is -2.37. The summed E-state index contributed by atoms with van der Waals surface area (Å²) in [5.74, 6) is -1.71. The zero-order valence-electron chi connectivity index (χ0n) is 16.5. The SMILES string of the molecule is O=C1[C@@H]2[C@@H](c3ccccc3)N(c3cccc([N+](=O)[O-])c3)O[C@H]2C(=O)N1c1ccc(Cl)cc1. The van der Waals surface area contributed by atoms with E-state index in [4.69, 9.17) is 16.4 Å². The van der Waals surface area contributed by atoms with Crippen molar-refractivity contribution in [1.82, 2.24) is 0 Å². The number of rotatable bonds is 4. The molecule has 2 heterocycles. The van der Waals surface area contributed by atoms with E-state index in [-0.39, 0.29) is 5.69 Å². The molecule has 0 N–H and O–H groups in total. The molecule has 3 aromatic carbocycles. The largest absolute Gasteiger partial charge is 0.273 e. The standard InChI is InChI=1S/C23H16ClN3O5/c24-15-9-11-16(12-10-15)25-22(28)19-20(14-5-2-1-3-6-14)26(32-21(19)23(25)29)17-7-4-8-18(13-17)27(30)31/h1-13,19-21H/t19-,20-,21-/m1/s1. The summed E-state index contributed by atoms with van der Waals surface area (Å²) in [5.41, 5.74) is 1.44. The normalized spacial score (nSPS) is 22.3. The first-order valence-corrected chi connectivity index (χ1v) is 10.2. The molecule has 2 fully saturated rings. The lowest BCUT2D eigenvalue weighted by molar-refractivity contribution is -0.384. The van der Waals surface area contributed by atoms with Crippen LogP contribution in [0.1, 0.15) is 11.6 Å². The van der Waals surface area contributed by atoms with Gasteiger partial charge in [-0.3, -0.25) is 24.5 Å². The van der Waals surface area contributed by atoms with Gasteiger partial charge >= 0.3 is 0 Å². The van der Waals surface area contributed by atoms with Crippen molar-refractivity contribution in [2.75, 3.05) is 9.96 Å². The third-order valence-corrected chi connectivity index (χ3v) is 5.89. The summed E-state index contributed by atoms with van der Waals surface area (Å²) >= 11 is 5.94. The van der Waals surface area contributed by atoms with Crippen molar-refractivity contribution < 1.29 is 19.3 Å². The molecule has 8 nitrogen and oxygen atoms in total. The molecule has 32 heavy (non-hydrogen) atoms. The number of nitrogens with zero attached hydrogens (tertiary/aromatic N) is 3. The van der Waals surface area contributed by atoms with E-state index in [1.54, 1.807) is 30.3 Å². The molecule has 5 rings (SSSR count). The average Bonchev–Trinajstić information content (AvgIpc) is 3.31. The number of nitro benzene ring substituents is 1. The predicted octanol–water partition coefficient (Wildman–Crippen LogP) is 4.30. The molecular weight excluding hydrogens is 434 g/mol. The number of amides is 2. The summed E-state index contributed by atoms with van der Waals surface area (Å²) < 4.78 is 0. The number of carbonyl (C=O) groups excluding carboxylic acids is 2. The fourth-order valence-electron chi connectivity index (χ4n) is 4.22. The van der Waals surface area contributed by atoms with E-state index in [2.05, 4.69) is 0 Å². The van der Waals surface area contributed by atoms with Crippen molar-refractivity contribution in [1.29, 1.82) is 0 Å². The van der Waals surface area contributed by atoms with E-state index in [1.165, 1.54) is 23.3 Å². The summed E-state index contributed by atoms with van der Waals surface area (Å²) in [6.45, 7) is 0. The molecule has 0 saturated carbocycles. The molecule has 2 aliphatic rings. The number of carbonyl (C=O) groups is 2. The third kappa shape index (κ3) is 3.21. The molecule has 2 amide bonds. The van der Waals surface area contributed by atoms with Crippen molar-refractivity contribution in [2.24, 2.45) is 5.92 Å². The van der Waals surface area contributed by atoms with Crippen molar-refractivity contribution in [2.45, 2.75) is 12.1 Å². The van der Waals surface area contributed by atoms with Gasteiger partial charge in [-0.2, -0.15) is 0 Å². The van der Waals surface area contributed by atoms with Crippen LogP contribution in [0.3, 0.4) is 0 Å². The van der Waals surface area contributed by atoms with Gasteiger partial charge in [0.15, 0.2) is 6.10 Å². The summed E-state index contributed by atoms with van der Waals surface area (Å²) in [5, 5.41) is 13.2. The Kier molecular flexibility index (Phi) is 4.88. The van der Waals surface area contributed by atoms with Gasteiger partial charge < -0.3 is 0 Å². The third-order valence-electron chi connectivity index (χ3n) is 5.64. The molecule has 9 heteroatoms. The highest BCUT2D eigenvalue weighted by molar-refractivity contribution is 6.31. The van der Waals surface area contributed by atoms with E-state index in [1.807, 2.05) is 30.3 Å². The van der Waals surface area contributed by atoms with Crippen molar-refractivity contribution in [3.63, 3.8) is 0 Å². The number of non-ortho nitro benzene ring substituents is 1. The van der Waals surface area contributed by atoms with E-state index < -0.39 is 34.8 Å². The van der Waals surface area contributed by atoms with Gasteiger partial charge in [-0.1, -0.05) is 48.0 Å². The number of benzene rings is 3. The maximum atomic E-state index is 13.5. The molecule has 0 spiro atoms. The Labute approximate surface area is 187 Å². The van der Waals surface area contributed by atoms with Gasteiger partial charge in [0.2, 0.25) is 5.91 Å². The van der Waals surface area contributed by atoms with E-state index in [0.29, 0.717) is 16.4 Å². The topological polar surface area (TPSA) is 93.0 Å². The van der Waals surface area contributed by atoms with Crippen molar-refractivity contribution in [3.05, 3.63) is 99.6 Å². The maximum absolute atomic E-state index is 13.5. The summed E-state index contributed by atoms with van der Waals surface area (Å²) in [6.07, 6.45) is -1.05. The van der Waals surface area contributed by atoms with Crippen LogP contribution in [0.5, 0.6) is 0 Å². The van der Waals surface area contributed by atoms with Crippen LogP contribution in [0.2, 0.25) is 5.02 Å². The Morgan fingerprint density at radius 2 is 1.59 bits per heavy atom. The Morgan fingerprint density at radius 1 is 0.875 bits per heavy atom. The molecule has 3 aromatic rings. The van der Waals surface area contributed by atoms with Gasteiger partial charge in [0, 0.05) is 17.2 Å². The van der Waals surface area contributed by atoms with Crippen molar-refractivity contribution >= 4 is 40.5 Å². The highest BCUT2D eigenvalue weighted by Gasteiger charge is 2.60. The van der Waals surface area contributed by atoms with Crippen LogP contribution >= 0.6 is 11.6 Å².